The van der Waals surface area contributed by atoms with Crippen molar-refractivity contribution < 1.29 is 9.53 Å². The smallest absolute Gasteiger partial charge is 0.305 e. The average molecular weight is 298 g/mol. The Morgan fingerprint density at radius 3 is 1.71 bits per heavy atom. The molecule has 0 aromatic heterocycles. The molecule has 2 nitrogen and oxygen atoms in total. The van der Waals surface area contributed by atoms with Crippen LogP contribution < -0.4 is 0 Å². The number of carbonyl (C=O) groups excluding carboxylic acids is 1. The molecule has 21 heavy (non-hydrogen) atoms. The summed E-state index contributed by atoms with van der Waals surface area (Å²) >= 11 is 0. The molecule has 0 fully saturated rings. The molecule has 0 amide bonds. The maximum atomic E-state index is 11.3. The second-order valence-electron chi connectivity index (χ2n) is 6.07. The van der Waals surface area contributed by atoms with E-state index in [-0.39, 0.29) is 5.97 Å². The molecule has 0 aromatic rings. The summed E-state index contributed by atoms with van der Waals surface area (Å²) in [5.41, 5.74) is 0. The zero-order valence-corrected chi connectivity index (χ0v) is 14.3. The monoisotopic (exact) mass is 297 g/mol. The number of unbranched alkanes of at least 4 members (excludes halogenated alkanes) is 12. The van der Waals surface area contributed by atoms with E-state index in [9.17, 15) is 4.79 Å². The third-order valence-corrected chi connectivity index (χ3v) is 3.89. The zero-order valence-electron chi connectivity index (χ0n) is 14.3. The summed E-state index contributed by atoms with van der Waals surface area (Å²) in [6.45, 7) is 6.59. The predicted octanol–water partition coefficient (Wildman–Crippen LogP) is 6.24. The highest BCUT2D eigenvalue weighted by Gasteiger charge is 2.00. The van der Waals surface area contributed by atoms with Gasteiger partial charge in [0, 0.05) is 6.42 Å². The summed E-state index contributed by atoms with van der Waals surface area (Å²) in [7, 11) is 0. The number of rotatable bonds is 16. The molecule has 0 aliphatic carbocycles. The molecule has 1 radical (unpaired) electrons. The maximum absolute atomic E-state index is 11.3. The highest BCUT2D eigenvalue weighted by molar-refractivity contribution is 5.69. The van der Waals surface area contributed by atoms with Gasteiger partial charge in [0.05, 0.1) is 6.61 Å². The molecule has 0 aliphatic rings. The van der Waals surface area contributed by atoms with Crippen LogP contribution in [0.4, 0.5) is 0 Å². The number of hydrogen-bond donors (Lipinski definition) is 0. The van der Waals surface area contributed by atoms with Gasteiger partial charge in [-0.05, 0) is 12.8 Å². The maximum Gasteiger partial charge on any atom is 0.305 e. The molecule has 0 atom stereocenters. The molecule has 0 spiro atoms. The van der Waals surface area contributed by atoms with Gasteiger partial charge in [0.1, 0.15) is 0 Å². The SMILES string of the molecule is [CH2]CCCC(=O)OCCCCCCCCCCCCCC. The van der Waals surface area contributed by atoms with Crippen LogP contribution in [0.3, 0.4) is 0 Å². The van der Waals surface area contributed by atoms with Crippen LogP contribution in [0, 0.1) is 6.92 Å². The Bertz CT molecular complexity index is 214. The van der Waals surface area contributed by atoms with Gasteiger partial charge in [-0.15, -0.1) is 0 Å². The fraction of sp³-hybridized carbons (Fsp3) is 0.895. The molecule has 0 saturated carbocycles. The molecule has 0 rings (SSSR count). The van der Waals surface area contributed by atoms with E-state index in [4.69, 9.17) is 4.74 Å². The molecular formula is C19H37O2. The Kier molecular flexibility index (Phi) is 17.1. The van der Waals surface area contributed by atoms with Gasteiger partial charge in [-0.25, -0.2) is 0 Å². The average Bonchev–Trinajstić information content (AvgIpc) is 2.49. The first-order valence-corrected chi connectivity index (χ1v) is 9.26. The number of carbonyl (C=O) groups is 1. The van der Waals surface area contributed by atoms with Crippen LogP contribution in [0.2, 0.25) is 0 Å². The van der Waals surface area contributed by atoms with Crippen molar-refractivity contribution in [3.8, 4) is 0 Å². The van der Waals surface area contributed by atoms with E-state index in [1.807, 2.05) is 0 Å². The van der Waals surface area contributed by atoms with E-state index in [1.165, 1.54) is 70.6 Å². The quantitative estimate of drug-likeness (QED) is 0.249. The number of hydrogen-bond acceptors (Lipinski definition) is 2. The van der Waals surface area contributed by atoms with Gasteiger partial charge in [-0.2, -0.15) is 0 Å². The van der Waals surface area contributed by atoms with E-state index in [0.29, 0.717) is 13.0 Å². The fourth-order valence-electron chi connectivity index (χ4n) is 2.47. The molecule has 2 heteroatoms. The van der Waals surface area contributed by atoms with E-state index >= 15 is 0 Å². The fourth-order valence-corrected chi connectivity index (χ4v) is 2.47. The molecular weight excluding hydrogens is 260 g/mol. The van der Waals surface area contributed by atoms with Crippen molar-refractivity contribution in [1.29, 1.82) is 0 Å². The van der Waals surface area contributed by atoms with E-state index < -0.39 is 0 Å². The van der Waals surface area contributed by atoms with Gasteiger partial charge in [-0.3, -0.25) is 4.79 Å². The van der Waals surface area contributed by atoms with Crippen LogP contribution in [-0.2, 0) is 9.53 Å². The summed E-state index contributed by atoms with van der Waals surface area (Å²) < 4.78 is 5.17. The van der Waals surface area contributed by atoms with Gasteiger partial charge >= 0.3 is 5.97 Å². The number of ether oxygens (including phenoxy) is 1. The topological polar surface area (TPSA) is 26.3 Å². The van der Waals surface area contributed by atoms with Crippen molar-refractivity contribution >= 4 is 5.97 Å². The standard InChI is InChI=1S/C19H37O2/c1-3-5-7-8-9-10-11-12-13-14-15-16-18-21-19(20)17-6-4-2/h2-18H2,1H3. The zero-order chi connectivity index (χ0) is 15.6. The van der Waals surface area contributed by atoms with E-state index in [2.05, 4.69) is 13.8 Å². The predicted molar refractivity (Wildman–Crippen MR) is 91.2 cm³/mol. The Hall–Kier alpha value is -0.530. The van der Waals surface area contributed by atoms with Crippen molar-refractivity contribution in [2.45, 2.75) is 103 Å². The third kappa shape index (κ3) is 17.4. The van der Waals surface area contributed by atoms with Crippen molar-refractivity contribution in [3.63, 3.8) is 0 Å². The van der Waals surface area contributed by atoms with Crippen LogP contribution in [0.5, 0.6) is 0 Å². The van der Waals surface area contributed by atoms with Crippen LogP contribution >= 0.6 is 0 Å². The molecule has 0 saturated heterocycles. The highest BCUT2D eigenvalue weighted by Crippen LogP contribution is 2.12. The molecule has 125 valence electrons. The van der Waals surface area contributed by atoms with E-state index in [1.54, 1.807) is 0 Å². The summed E-state index contributed by atoms with van der Waals surface area (Å²) in [5, 5.41) is 0. The molecule has 0 aromatic carbocycles. The lowest BCUT2D eigenvalue weighted by Gasteiger charge is -2.05. The minimum Gasteiger partial charge on any atom is -0.466 e. The first-order chi connectivity index (χ1) is 10.3. The lowest BCUT2D eigenvalue weighted by Crippen LogP contribution is -2.05. The van der Waals surface area contributed by atoms with Gasteiger partial charge in [0.25, 0.3) is 0 Å². The molecule has 0 aliphatic heterocycles. The molecule has 0 bridgehead atoms. The van der Waals surface area contributed by atoms with E-state index in [0.717, 1.165) is 19.3 Å². The lowest BCUT2D eigenvalue weighted by atomic mass is 10.1. The molecule has 0 N–H and O–H groups in total. The third-order valence-electron chi connectivity index (χ3n) is 3.89. The minimum atomic E-state index is -0.0540. The van der Waals surface area contributed by atoms with Crippen molar-refractivity contribution in [2.24, 2.45) is 0 Å². The van der Waals surface area contributed by atoms with Gasteiger partial charge in [0.15, 0.2) is 0 Å². The Morgan fingerprint density at radius 1 is 0.762 bits per heavy atom. The van der Waals surface area contributed by atoms with Gasteiger partial charge in [-0.1, -0.05) is 90.9 Å². The normalized spacial score (nSPS) is 10.8. The van der Waals surface area contributed by atoms with Crippen LogP contribution in [0.25, 0.3) is 0 Å². The first-order valence-electron chi connectivity index (χ1n) is 9.26. The Labute approximate surface area is 133 Å². The first kappa shape index (κ1) is 20.5. The Morgan fingerprint density at radius 2 is 1.24 bits per heavy atom. The van der Waals surface area contributed by atoms with Crippen molar-refractivity contribution in [3.05, 3.63) is 6.92 Å². The van der Waals surface area contributed by atoms with Crippen LogP contribution in [-0.4, -0.2) is 12.6 Å². The summed E-state index contributed by atoms with van der Waals surface area (Å²) in [6, 6.07) is 0. The second kappa shape index (κ2) is 17.5. The minimum absolute atomic E-state index is 0.0540. The second-order valence-corrected chi connectivity index (χ2v) is 6.07. The Balaban J connectivity index is 3.04. The van der Waals surface area contributed by atoms with Crippen LogP contribution in [0.1, 0.15) is 103 Å². The van der Waals surface area contributed by atoms with Crippen molar-refractivity contribution in [2.75, 3.05) is 6.61 Å². The van der Waals surface area contributed by atoms with Crippen LogP contribution in [0.15, 0.2) is 0 Å². The largest absolute Gasteiger partial charge is 0.466 e. The number of esters is 1. The molecule has 0 heterocycles. The van der Waals surface area contributed by atoms with Crippen molar-refractivity contribution in [1.82, 2.24) is 0 Å². The van der Waals surface area contributed by atoms with Gasteiger partial charge < -0.3 is 4.74 Å². The lowest BCUT2D eigenvalue weighted by molar-refractivity contribution is -0.143. The summed E-state index contributed by atoms with van der Waals surface area (Å²) in [6.07, 6.45) is 18.2. The summed E-state index contributed by atoms with van der Waals surface area (Å²) in [4.78, 5) is 11.3. The highest BCUT2D eigenvalue weighted by atomic mass is 16.5. The molecule has 0 unspecified atom stereocenters. The van der Waals surface area contributed by atoms with Gasteiger partial charge in [0.2, 0.25) is 0 Å². The summed E-state index contributed by atoms with van der Waals surface area (Å²) in [5.74, 6) is -0.0540.